The van der Waals surface area contributed by atoms with Gasteiger partial charge in [0.25, 0.3) is 5.69 Å². The van der Waals surface area contributed by atoms with E-state index in [0.29, 0.717) is 23.8 Å². The average molecular weight is 221 g/mol. The van der Waals surface area contributed by atoms with Crippen LogP contribution in [0.1, 0.15) is 18.9 Å². The van der Waals surface area contributed by atoms with Crippen LogP contribution >= 0.6 is 0 Å². The summed E-state index contributed by atoms with van der Waals surface area (Å²) in [6, 6.07) is 6.62. The summed E-state index contributed by atoms with van der Waals surface area (Å²) < 4.78 is 0. The van der Waals surface area contributed by atoms with Crippen LogP contribution in [0, 0.1) is 22.0 Å². The molecule has 1 aromatic carbocycles. The molecule has 0 spiro atoms. The summed E-state index contributed by atoms with van der Waals surface area (Å²) in [5.41, 5.74) is 0.731. The molecule has 0 aliphatic heterocycles. The van der Waals surface area contributed by atoms with Gasteiger partial charge < -0.3 is 5.11 Å². The normalized spacial score (nSPS) is 25.1. The summed E-state index contributed by atoms with van der Waals surface area (Å²) >= 11 is 0. The van der Waals surface area contributed by atoms with Crippen LogP contribution in [0.25, 0.3) is 0 Å². The van der Waals surface area contributed by atoms with Crippen molar-refractivity contribution in [2.24, 2.45) is 11.8 Å². The zero-order valence-corrected chi connectivity index (χ0v) is 9.17. The molecule has 0 bridgehead atoms. The molecule has 1 aromatic rings. The second-order valence-corrected chi connectivity index (χ2v) is 4.53. The lowest BCUT2D eigenvalue weighted by molar-refractivity contribution is -0.385. The third-order valence-corrected chi connectivity index (χ3v) is 3.28. The van der Waals surface area contributed by atoms with Gasteiger partial charge >= 0.3 is 0 Å². The van der Waals surface area contributed by atoms with Gasteiger partial charge in [0, 0.05) is 18.1 Å². The molecule has 0 amide bonds. The summed E-state index contributed by atoms with van der Waals surface area (Å²) in [6.45, 7) is 2.09. The van der Waals surface area contributed by atoms with Crippen molar-refractivity contribution >= 4 is 5.69 Å². The van der Waals surface area contributed by atoms with Gasteiger partial charge in [-0.1, -0.05) is 25.1 Å². The zero-order chi connectivity index (χ0) is 11.7. The molecule has 1 saturated carbocycles. The number of aliphatic hydroxyl groups is 1. The fourth-order valence-electron chi connectivity index (χ4n) is 2.13. The van der Waals surface area contributed by atoms with Gasteiger partial charge in [-0.25, -0.2) is 0 Å². The van der Waals surface area contributed by atoms with Gasteiger partial charge in [0.15, 0.2) is 0 Å². The number of aliphatic hydroxyl groups excluding tert-OH is 1. The Balaban J connectivity index is 2.11. The number of nitro groups is 1. The molecule has 0 heterocycles. The fourth-order valence-corrected chi connectivity index (χ4v) is 2.13. The minimum Gasteiger partial charge on any atom is -0.392 e. The summed E-state index contributed by atoms with van der Waals surface area (Å²) in [5.74, 6) is 0.873. The maximum Gasteiger partial charge on any atom is 0.272 e. The van der Waals surface area contributed by atoms with E-state index in [4.69, 9.17) is 0 Å². The molecule has 3 unspecified atom stereocenters. The molecule has 16 heavy (non-hydrogen) atoms. The Bertz CT molecular complexity index is 405. The van der Waals surface area contributed by atoms with Gasteiger partial charge in [0.2, 0.25) is 0 Å². The Labute approximate surface area is 94.1 Å². The van der Waals surface area contributed by atoms with Gasteiger partial charge in [-0.05, 0) is 18.3 Å². The smallest absolute Gasteiger partial charge is 0.272 e. The Morgan fingerprint density at radius 2 is 2.19 bits per heavy atom. The van der Waals surface area contributed by atoms with Crippen LogP contribution in [-0.4, -0.2) is 16.1 Å². The maximum absolute atomic E-state index is 10.8. The molecule has 4 nitrogen and oxygen atoms in total. The van der Waals surface area contributed by atoms with Crippen molar-refractivity contribution in [3.8, 4) is 0 Å². The van der Waals surface area contributed by atoms with Crippen molar-refractivity contribution < 1.29 is 10.0 Å². The van der Waals surface area contributed by atoms with Gasteiger partial charge in [-0.15, -0.1) is 0 Å². The van der Waals surface area contributed by atoms with E-state index in [-0.39, 0.29) is 5.69 Å². The molecular formula is C12H15NO3. The molecule has 4 heteroatoms. The molecule has 1 aliphatic rings. The first kappa shape index (κ1) is 11.1. The standard InChI is InChI=1S/C12H15NO3/c1-8-6-10(8)12(14)7-9-4-2-3-5-11(9)13(15)16/h2-5,8,10,12,14H,6-7H2,1H3. The number of benzene rings is 1. The van der Waals surface area contributed by atoms with Crippen molar-refractivity contribution in [2.45, 2.75) is 25.9 Å². The highest BCUT2D eigenvalue weighted by Crippen LogP contribution is 2.41. The maximum atomic E-state index is 10.8. The predicted molar refractivity (Wildman–Crippen MR) is 60.1 cm³/mol. The zero-order valence-electron chi connectivity index (χ0n) is 9.17. The Morgan fingerprint density at radius 1 is 1.56 bits per heavy atom. The van der Waals surface area contributed by atoms with E-state index in [1.54, 1.807) is 18.2 Å². The molecule has 3 atom stereocenters. The van der Waals surface area contributed by atoms with E-state index in [0.717, 1.165) is 6.42 Å². The van der Waals surface area contributed by atoms with Crippen molar-refractivity contribution in [2.75, 3.05) is 0 Å². The number of nitro benzene ring substituents is 1. The highest BCUT2D eigenvalue weighted by atomic mass is 16.6. The third-order valence-electron chi connectivity index (χ3n) is 3.28. The summed E-state index contributed by atoms with van der Waals surface area (Å²) in [6.07, 6.45) is 0.963. The van der Waals surface area contributed by atoms with Crippen molar-refractivity contribution in [3.05, 3.63) is 39.9 Å². The SMILES string of the molecule is CC1CC1C(O)Cc1ccccc1[N+](=O)[O-]. The first-order chi connectivity index (χ1) is 7.59. The Hall–Kier alpha value is -1.42. The molecule has 1 aliphatic carbocycles. The molecular weight excluding hydrogens is 206 g/mol. The highest BCUT2D eigenvalue weighted by Gasteiger charge is 2.39. The second kappa shape index (κ2) is 4.22. The molecule has 1 fully saturated rings. The molecule has 2 rings (SSSR count). The van der Waals surface area contributed by atoms with E-state index in [1.807, 2.05) is 0 Å². The minimum absolute atomic E-state index is 0.106. The summed E-state index contributed by atoms with van der Waals surface area (Å²) in [5, 5.41) is 20.7. The van der Waals surface area contributed by atoms with Crippen LogP contribution in [0.4, 0.5) is 5.69 Å². The molecule has 0 saturated heterocycles. The van der Waals surface area contributed by atoms with Crippen LogP contribution in [0.5, 0.6) is 0 Å². The van der Waals surface area contributed by atoms with E-state index in [9.17, 15) is 15.2 Å². The van der Waals surface area contributed by atoms with Crippen molar-refractivity contribution in [1.82, 2.24) is 0 Å². The van der Waals surface area contributed by atoms with E-state index >= 15 is 0 Å². The quantitative estimate of drug-likeness (QED) is 0.626. The number of nitrogens with zero attached hydrogens (tertiary/aromatic N) is 1. The number of rotatable bonds is 4. The molecule has 1 N–H and O–H groups in total. The largest absolute Gasteiger partial charge is 0.392 e. The predicted octanol–water partition coefficient (Wildman–Crippen LogP) is 2.15. The van der Waals surface area contributed by atoms with Crippen LogP contribution in [0.3, 0.4) is 0 Å². The lowest BCUT2D eigenvalue weighted by atomic mass is 10.0. The fraction of sp³-hybridized carbons (Fsp3) is 0.500. The number of para-hydroxylation sites is 1. The van der Waals surface area contributed by atoms with Crippen LogP contribution in [-0.2, 0) is 6.42 Å². The third kappa shape index (κ3) is 2.22. The van der Waals surface area contributed by atoms with Crippen molar-refractivity contribution in [1.29, 1.82) is 0 Å². The summed E-state index contributed by atoms with van der Waals surface area (Å²) in [7, 11) is 0. The van der Waals surface area contributed by atoms with Crippen LogP contribution < -0.4 is 0 Å². The monoisotopic (exact) mass is 221 g/mol. The second-order valence-electron chi connectivity index (χ2n) is 4.53. The van der Waals surface area contributed by atoms with Gasteiger partial charge in [0.05, 0.1) is 11.0 Å². The lowest BCUT2D eigenvalue weighted by Gasteiger charge is -2.09. The number of hydrogen-bond acceptors (Lipinski definition) is 3. The average Bonchev–Trinajstić information content (AvgIpc) is 2.96. The Morgan fingerprint density at radius 3 is 2.75 bits per heavy atom. The number of hydrogen-bond donors (Lipinski definition) is 1. The van der Waals surface area contributed by atoms with E-state index in [2.05, 4.69) is 6.92 Å². The van der Waals surface area contributed by atoms with Crippen molar-refractivity contribution in [3.63, 3.8) is 0 Å². The Kier molecular flexibility index (Phi) is 2.92. The molecule has 0 aromatic heterocycles. The first-order valence-corrected chi connectivity index (χ1v) is 5.50. The van der Waals surface area contributed by atoms with Gasteiger partial charge in [0.1, 0.15) is 0 Å². The van der Waals surface area contributed by atoms with Crippen LogP contribution in [0.15, 0.2) is 24.3 Å². The first-order valence-electron chi connectivity index (χ1n) is 5.50. The van der Waals surface area contributed by atoms with E-state index < -0.39 is 11.0 Å². The lowest BCUT2D eigenvalue weighted by Crippen LogP contribution is -2.14. The molecule has 0 radical (unpaired) electrons. The van der Waals surface area contributed by atoms with Crippen LogP contribution in [0.2, 0.25) is 0 Å². The minimum atomic E-state index is -0.448. The topological polar surface area (TPSA) is 63.4 Å². The highest BCUT2D eigenvalue weighted by molar-refractivity contribution is 5.40. The van der Waals surface area contributed by atoms with Gasteiger partial charge in [-0.2, -0.15) is 0 Å². The summed E-state index contributed by atoms with van der Waals surface area (Å²) in [4.78, 5) is 10.4. The van der Waals surface area contributed by atoms with E-state index in [1.165, 1.54) is 6.07 Å². The molecule has 86 valence electrons. The van der Waals surface area contributed by atoms with Gasteiger partial charge in [-0.3, -0.25) is 10.1 Å².